The van der Waals surface area contributed by atoms with E-state index in [1.807, 2.05) is 0 Å². The molecule has 0 amide bonds. The number of hydrogen-bond acceptors (Lipinski definition) is 1. The molecular weight excluding hydrogens is 232 g/mol. The highest BCUT2D eigenvalue weighted by Gasteiger charge is 2.59. The lowest BCUT2D eigenvalue weighted by Gasteiger charge is -2.40. The van der Waals surface area contributed by atoms with Crippen molar-refractivity contribution in [2.45, 2.75) is 51.1 Å². The monoisotopic (exact) mass is 254 g/mol. The van der Waals surface area contributed by atoms with Gasteiger partial charge in [0.25, 0.3) is 0 Å². The maximum atomic E-state index is 3.71. The summed E-state index contributed by atoms with van der Waals surface area (Å²) in [5.74, 6) is 0. The minimum Gasteiger partial charge on any atom is -0.358 e. The molecule has 2 aromatic rings. The molecular formula is C17H22N2. The van der Waals surface area contributed by atoms with Crippen LogP contribution in [0.3, 0.4) is 0 Å². The van der Waals surface area contributed by atoms with Gasteiger partial charge in [0.15, 0.2) is 0 Å². The highest BCUT2D eigenvalue weighted by molar-refractivity contribution is 5.87. The number of H-pyrrole nitrogens is 1. The zero-order valence-electron chi connectivity index (χ0n) is 12.2. The van der Waals surface area contributed by atoms with E-state index in [1.54, 1.807) is 5.56 Å². The Hall–Kier alpha value is -1.28. The van der Waals surface area contributed by atoms with E-state index in [0.717, 1.165) is 0 Å². The van der Waals surface area contributed by atoms with Crippen LogP contribution >= 0.6 is 0 Å². The molecule has 1 N–H and O–H groups in total. The van der Waals surface area contributed by atoms with Crippen molar-refractivity contribution in [3.8, 4) is 0 Å². The summed E-state index contributed by atoms with van der Waals surface area (Å²) in [4.78, 5) is 6.40. The molecule has 1 aliphatic carbocycles. The summed E-state index contributed by atoms with van der Waals surface area (Å²) in [7, 11) is 0. The van der Waals surface area contributed by atoms with Gasteiger partial charge in [-0.15, -0.1) is 0 Å². The Bertz CT molecular complexity index is 669. The van der Waals surface area contributed by atoms with E-state index in [9.17, 15) is 0 Å². The van der Waals surface area contributed by atoms with Crippen LogP contribution in [0.1, 0.15) is 45.4 Å². The van der Waals surface area contributed by atoms with Crippen LogP contribution in [0.4, 0.5) is 0 Å². The second-order valence-electron chi connectivity index (χ2n) is 7.15. The molecule has 2 aliphatic rings. The van der Waals surface area contributed by atoms with E-state index in [0.29, 0.717) is 11.5 Å². The van der Waals surface area contributed by atoms with Crippen molar-refractivity contribution in [1.82, 2.24) is 9.88 Å². The molecule has 2 atom stereocenters. The minimum absolute atomic E-state index is 0.206. The van der Waals surface area contributed by atoms with Gasteiger partial charge < -0.3 is 4.98 Å². The Morgan fingerprint density at radius 2 is 1.95 bits per heavy atom. The van der Waals surface area contributed by atoms with Crippen molar-refractivity contribution in [2.24, 2.45) is 0 Å². The van der Waals surface area contributed by atoms with Gasteiger partial charge in [0, 0.05) is 45.7 Å². The Labute approximate surface area is 114 Å². The normalized spacial score (nSPS) is 33.5. The third-order valence-electron chi connectivity index (χ3n) is 5.36. The van der Waals surface area contributed by atoms with Crippen LogP contribution in [0.2, 0.25) is 0 Å². The maximum Gasteiger partial charge on any atom is 0.0469 e. The molecule has 1 aliphatic heterocycles. The molecule has 2 unspecified atom stereocenters. The number of aromatic nitrogens is 1. The Morgan fingerprint density at radius 3 is 2.68 bits per heavy atom. The van der Waals surface area contributed by atoms with Gasteiger partial charge in [-0.05, 0) is 33.3 Å². The first-order chi connectivity index (χ1) is 8.96. The molecule has 2 heterocycles. The largest absolute Gasteiger partial charge is 0.358 e. The average Bonchev–Trinajstić information content (AvgIpc) is 2.92. The topological polar surface area (TPSA) is 19.0 Å². The van der Waals surface area contributed by atoms with Gasteiger partial charge >= 0.3 is 0 Å². The fourth-order valence-corrected chi connectivity index (χ4v) is 4.77. The first-order valence-corrected chi connectivity index (χ1v) is 7.34. The van der Waals surface area contributed by atoms with Crippen LogP contribution in [-0.2, 0) is 11.0 Å². The van der Waals surface area contributed by atoms with E-state index in [2.05, 4.69) is 61.8 Å². The van der Waals surface area contributed by atoms with Crippen LogP contribution in [0.5, 0.6) is 0 Å². The van der Waals surface area contributed by atoms with Gasteiger partial charge in [-0.2, -0.15) is 0 Å². The van der Waals surface area contributed by atoms with E-state index in [4.69, 9.17) is 0 Å². The molecule has 19 heavy (non-hydrogen) atoms. The molecule has 0 saturated carbocycles. The zero-order chi connectivity index (χ0) is 13.4. The Balaban J connectivity index is 2.04. The molecule has 2 nitrogen and oxygen atoms in total. The average molecular weight is 254 g/mol. The molecule has 1 aromatic carbocycles. The number of rotatable bonds is 1. The third-order valence-corrected chi connectivity index (χ3v) is 5.36. The second kappa shape index (κ2) is 3.24. The first-order valence-electron chi connectivity index (χ1n) is 7.34. The number of para-hydroxylation sites is 1. The summed E-state index contributed by atoms with van der Waals surface area (Å²) < 4.78 is 0. The lowest BCUT2D eigenvalue weighted by atomic mass is 9.89. The third kappa shape index (κ3) is 1.21. The van der Waals surface area contributed by atoms with E-state index >= 15 is 0 Å². The number of aromatic amines is 1. The highest BCUT2D eigenvalue weighted by Crippen LogP contribution is 2.59. The van der Waals surface area contributed by atoms with Gasteiger partial charge in [0.2, 0.25) is 0 Å². The van der Waals surface area contributed by atoms with Crippen LogP contribution in [0.25, 0.3) is 10.9 Å². The smallest absolute Gasteiger partial charge is 0.0469 e. The van der Waals surface area contributed by atoms with Crippen molar-refractivity contribution < 1.29 is 0 Å². The number of benzene rings is 1. The van der Waals surface area contributed by atoms with Crippen molar-refractivity contribution in [3.63, 3.8) is 0 Å². The summed E-state index contributed by atoms with van der Waals surface area (Å²) in [6.07, 6.45) is 1.25. The number of likely N-dealkylation sites (tertiary alicyclic amines) is 1. The maximum absolute atomic E-state index is 3.71. The highest BCUT2D eigenvalue weighted by atomic mass is 15.3. The first kappa shape index (κ1) is 11.5. The van der Waals surface area contributed by atoms with Crippen molar-refractivity contribution >= 4 is 10.9 Å². The molecule has 4 rings (SSSR count). The zero-order valence-corrected chi connectivity index (χ0v) is 12.2. The van der Waals surface area contributed by atoms with E-state index in [1.165, 1.54) is 29.6 Å². The van der Waals surface area contributed by atoms with Gasteiger partial charge in [-0.3, -0.25) is 4.90 Å². The lowest BCUT2D eigenvalue weighted by Crippen LogP contribution is -2.45. The lowest BCUT2D eigenvalue weighted by molar-refractivity contribution is 0.112. The predicted octanol–water partition coefficient (Wildman–Crippen LogP) is 3.77. The summed E-state index contributed by atoms with van der Waals surface area (Å²) in [6, 6.07) is 9.38. The molecule has 1 fully saturated rings. The molecule has 1 saturated heterocycles. The SMILES string of the molecule is CC(C)N1CC2(C)CC1(C)c1c2[nH]c2ccccc12. The number of hydrogen-bond donors (Lipinski definition) is 1. The van der Waals surface area contributed by atoms with Gasteiger partial charge in [0.05, 0.1) is 0 Å². The summed E-state index contributed by atoms with van der Waals surface area (Å²) in [5.41, 5.74) is 4.86. The molecule has 0 radical (unpaired) electrons. The Morgan fingerprint density at radius 1 is 1.21 bits per heavy atom. The van der Waals surface area contributed by atoms with E-state index < -0.39 is 0 Å². The van der Waals surface area contributed by atoms with Crippen molar-refractivity contribution in [3.05, 3.63) is 35.5 Å². The molecule has 2 heteroatoms. The van der Waals surface area contributed by atoms with Gasteiger partial charge in [0.1, 0.15) is 0 Å². The van der Waals surface area contributed by atoms with Gasteiger partial charge in [-0.25, -0.2) is 0 Å². The molecule has 0 spiro atoms. The standard InChI is InChI=1S/C17H22N2/c1-11(2)19-10-16(3)9-17(19,4)14-12-7-5-6-8-13(12)18-15(14)16/h5-8,11,18H,9-10H2,1-4H3. The number of nitrogens with zero attached hydrogens (tertiary/aromatic N) is 1. The van der Waals surface area contributed by atoms with Crippen LogP contribution in [0.15, 0.2) is 24.3 Å². The quantitative estimate of drug-likeness (QED) is 0.821. The second-order valence-corrected chi connectivity index (χ2v) is 7.15. The van der Waals surface area contributed by atoms with Crippen LogP contribution in [-0.4, -0.2) is 22.5 Å². The predicted molar refractivity (Wildman–Crippen MR) is 79.5 cm³/mol. The summed E-state index contributed by atoms with van der Waals surface area (Å²) >= 11 is 0. The fourth-order valence-electron chi connectivity index (χ4n) is 4.77. The fraction of sp³-hybridized carbons (Fsp3) is 0.529. The van der Waals surface area contributed by atoms with Crippen molar-refractivity contribution in [1.29, 1.82) is 0 Å². The van der Waals surface area contributed by atoms with Crippen molar-refractivity contribution in [2.75, 3.05) is 6.54 Å². The Kier molecular flexibility index (Phi) is 1.97. The summed E-state index contributed by atoms with van der Waals surface area (Å²) in [6.45, 7) is 10.7. The van der Waals surface area contributed by atoms with Crippen LogP contribution in [0, 0.1) is 0 Å². The van der Waals surface area contributed by atoms with Gasteiger partial charge in [-0.1, -0.05) is 25.1 Å². The number of nitrogens with one attached hydrogen (secondary N) is 1. The minimum atomic E-state index is 0.206. The number of fused-ring (bicyclic) bond motifs is 7. The molecule has 1 aromatic heterocycles. The van der Waals surface area contributed by atoms with Crippen LogP contribution < -0.4 is 0 Å². The molecule has 100 valence electrons. The van der Waals surface area contributed by atoms with E-state index in [-0.39, 0.29) is 5.54 Å². The summed E-state index contributed by atoms with van der Waals surface area (Å²) in [5, 5.41) is 1.43. The molecule has 2 bridgehead atoms.